The first-order valence-corrected chi connectivity index (χ1v) is 9.44. The van der Waals surface area contributed by atoms with Crippen LogP contribution in [0.3, 0.4) is 0 Å². The van der Waals surface area contributed by atoms with Gasteiger partial charge in [0.1, 0.15) is 5.60 Å². The summed E-state index contributed by atoms with van der Waals surface area (Å²) >= 11 is 0. The molecule has 2 aliphatic heterocycles. The van der Waals surface area contributed by atoms with Crippen LogP contribution in [0.4, 0.5) is 13.6 Å². The molecule has 1 fully saturated rings. The molecule has 0 saturated carbocycles. The van der Waals surface area contributed by atoms with Gasteiger partial charge in [-0.2, -0.15) is 8.78 Å². The summed E-state index contributed by atoms with van der Waals surface area (Å²) in [6, 6.07) is 5.59. The number of likely N-dealkylation sites (tertiary alicyclic amines) is 1. The predicted octanol–water partition coefficient (Wildman–Crippen LogP) is 2.40. The van der Waals surface area contributed by atoms with Crippen molar-refractivity contribution in [2.75, 3.05) is 20.2 Å². The minimum Gasteiger partial charge on any atom is -0.444 e. The molecule has 0 spiro atoms. The zero-order valence-corrected chi connectivity index (χ0v) is 17.4. The van der Waals surface area contributed by atoms with Gasteiger partial charge in [0.25, 0.3) is 11.8 Å². The number of hydroxylamine groups is 2. The molecular weight excluding hydrogens is 418 g/mol. The standard InChI is InChI=1S/C20H22F2N2O7/c1-18(2,3)30-17(28)23-10-9-19(11-23,29-4)20(21,22)16(27)31-24-14(25)12-7-5-6-8-13(12)15(24)26/h5-8H,9-11H2,1-4H3. The highest BCUT2D eigenvalue weighted by Crippen LogP contribution is 2.41. The lowest BCUT2D eigenvalue weighted by Gasteiger charge is -2.34. The fourth-order valence-electron chi connectivity index (χ4n) is 3.39. The lowest BCUT2D eigenvalue weighted by molar-refractivity contribution is -0.233. The van der Waals surface area contributed by atoms with Crippen LogP contribution in [0.2, 0.25) is 0 Å². The molecule has 0 aromatic heterocycles. The van der Waals surface area contributed by atoms with Crippen LogP contribution in [0.25, 0.3) is 0 Å². The Hall–Kier alpha value is -3.08. The molecule has 3 rings (SSSR count). The van der Waals surface area contributed by atoms with Gasteiger partial charge in [0.2, 0.25) is 0 Å². The molecule has 0 radical (unpaired) electrons. The normalized spacial score (nSPS) is 21.4. The van der Waals surface area contributed by atoms with E-state index in [4.69, 9.17) is 9.47 Å². The van der Waals surface area contributed by atoms with E-state index in [-0.39, 0.29) is 22.7 Å². The summed E-state index contributed by atoms with van der Waals surface area (Å²) in [4.78, 5) is 54.7. The molecule has 1 saturated heterocycles. The number of alkyl halides is 2. The minimum absolute atomic E-state index is 0.00482. The quantitative estimate of drug-likeness (QED) is 0.663. The number of imide groups is 1. The molecular formula is C20H22F2N2O7. The number of hydrogen-bond donors (Lipinski definition) is 0. The van der Waals surface area contributed by atoms with Gasteiger partial charge in [-0.25, -0.2) is 9.59 Å². The summed E-state index contributed by atoms with van der Waals surface area (Å²) in [6.45, 7) is 4.07. The highest BCUT2D eigenvalue weighted by atomic mass is 19.3. The molecule has 9 nitrogen and oxygen atoms in total. The van der Waals surface area contributed by atoms with E-state index in [9.17, 15) is 19.2 Å². The van der Waals surface area contributed by atoms with E-state index < -0.39 is 54.0 Å². The van der Waals surface area contributed by atoms with Crippen molar-refractivity contribution in [3.63, 3.8) is 0 Å². The van der Waals surface area contributed by atoms with Gasteiger partial charge in [-0.05, 0) is 32.9 Å². The fourth-order valence-corrected chi connectivity index (χ4v) is 3.39. The van der Waals surface area contributed by atoms with E-state index >= 15 is 8.78 Å². The molecule has 1 unspecified atom stereocenters. The van der Waals surface area contributed by atoms with Crippen LogP contribution in [0.5, 0.6) is 0 Å². The van der Waals surface area contributed by atoms with Gasteiger partial charge < -0.3 is 19.2 Å². The number of amides is 3. The van der Waals surface area contributed by atoms with Crippen molar-refractivity contribution in [2.24, 2.45) is 0 Å². The number of carbonyl (C=O) groups excluding carboxylic acids is 4. The third-order valence-corrected chi connectivity index (χ3v) is 5.03. The van der Waals surface area contributed by atoms with E-state index in [1.54, 1.807) is 20.8 Å². The van der Waals surface area contributed by atoms with E-state index in [0.717, 1.165) is 12.0 Å². The molecule has 11 heteroatoms. The lowest BCUT2D eigenvalue weighted by Crippen LogP contribution is -2.58. The van der Waals surface area contributed by atoms with Crippen LogP contribution < -0.4 is 0 Å². The second-order valence-corrected chi connectivity index (χ2v) is 8.25. The van der Waals surface area contributed by atoms with Gasteiger partial charge in [-0.3, -0.25) is 9.59 Å². The maximum Gasteiger partial charge on any atom is 0.410 e. The average molecular weight is 440 g/mol. The van der Waals surface area contributed by atoms with Crippen LogP contribution in [0.1, 0.15) is 47.9 Å². The minimum atomic E-state index is -4.28. The second kappa shape index (κ2) is 7.56. The molecule has 2 aliphatic rings. The Bertz CT molecular complexity index is 909. The molecule has 31 heavy (non-hydrogen) atoms. The Kier molecular flexibility index (Phi) is 5.51. The summed E-state index contributed by atoms with van der Waals surface area (Å²) in [7, 11) is 0.974. The zero-order valence-electron chi connectivity index (χ0n) is 17.4. The van der Waals surface area contributed by atoms with Crippen LogP contribution in [0.15, 0.2) is 24.3 Å². The molecule has 0 aliphatic carbocycles. The van der Waals surface area contributed by atoms with Crippen molar-refractivity contribution >= 4 is 23.9 Å². The number of methoxy groups -OCH3 is 1. The van der Waals surface area contributed by atoms with Crippen molar-refractivity contribution in [1.82, 2.24) is 9.96 Å². The maximum atomic E-state index is 15.2. The van der Waals surface area contributed by atoms with E-state index in [1.807, 2.05) is 0 Å². The van der Waals surface area contributed by atoms with Gasteiger partial charge in [0.15, 0.2) is 5.60 Å². The van der Waals surface area contributed by atoms with Crippen LogP contribution in [0, 0.1) is 0 Å². The van der Waals surface area contributed by atoms with Crippen LogP contribution in [-0.2, 0) is 19.1 Å². The molecule has 3 amide bonds. The zero-order chi connectivity index (χ0) is 23.2. The third-order valence-electron chi connectivity index (χ3n) is 5.03. The largest absolute Gasteiger partial charge is 0.444 e. The van der Waals surface area contributed by atoms with Crippen molar-refractivity contribution in [3.05, 3.63) is 35.4 Å². The predicted molar refractivity (Wildman–Crippen MR) is 100 cm³/mol. The fraction of sp³-hybridized carbons (Fsp3) is 0.500. The highest BCUT2D eigenvalue weighted by molar-refractivity contribution is 6.21. The number of carbonyl (C=O) groups is 4. The third kappa shape index (κ3) is 3.85. The van der Waals surface area contributed by atoms with Gasteiger partial charge >= 0.3 is 18.0 Å². The number of ether oxygens (including phenoxy) is 2. The molecule has 1 atom stereocenters. The van der Waals surface area contributed by atoms with Gasteiger partial charge in [-0.15, -0.1) is 0 Å². The molecule has 1 aromatic carbocycles. The molecule has 0 N–H and O–H groups in total. The topological polar surface area (TPSA) is 102 Å². The van der Waals surface area contributed by atoms with E-state index in [1.165, 1.54) is 24.3 Å². The summed E-state index contributed by atoms with van der Waals surface area (Å²) in [6.07, 6.45) is -1.23. The smallest absolute Gasteiger partial charge is 0.410 e. The number of rotatable bonds is 4. The number of benzene rings is 1. The SMILES string of the molecule is COC1(C(F)(F)C(=O)ON2C(=O)c3ccccc3C2=O)CCN(C(=O)OC(C)(C)C)C1. The Morgan fingerprint density at radius 3 is 2.10 bits per heavy atom. The molecule has 0 bridgehead atoms. The first-order valence-electron chi connectivity index (χ1n) is 9.44. The number of nitrogens with zero attached hydrogens (tertiary/aromatic N) is 2. The van der Waals surface area contributed by atoms with Crippen molar-refractivity contribution in [3.8, 4) is 0 Å². The van der Waals surface area contributed by atoms with Crippen molar-refractivity contribution in [2.45, 2.75) is 44.3 Å². The monoisotopic (exact) mass is 440 g/mol. The van der Waals surface area contributed by atoms with Crippen molar-refractivity contribution < 1.29 is 42.3 Å². The summed E-state index contributed by atoms with van der Waals surface area (Å²) in [5, 5.41) is 0.00482. The Balaban J connectivity index is 1.77. The molecule has 1 aromatic rings. The molecule has 2 heterocycles. The molecule has 168 valence electrons. The lowest BCUT2D eigenvalue weighted by atomic mass is 9.94. The Morgan fingerprint density at radius 1 is 1.06 bits per heavy atom. The first-order chi connectivity index (χ1) is 14.3. The number of fused-ring (bicyclic) bond motifs is 1. The average Bonchev–Trinajstić information content (AvgIpc) is 3.24. The Morgan fingerprint density at radius 2 is 1.61 bits per heavy atom. The summed E-state index contributed by atoms with van der Waals surface area (Å²) < 4.78 is 40.5. The van der Waals surface area contributed by atoms with Gasteiger partial charge in [0, 0.05) is 20.1 Å². The number of hydrogen-bond acceptors (Lipinski definition) is 7. The van der Waals surface area contributed by atoms with Gasteiger partial charge in [-0.1, -0.05) is 17.2 Å². The van der Waals surface area contributed by atoms with Crippen molar-refractivity contribution in [1.29, 1.82) is 0 Å². The van der Waals surface area contributed by atoms with E-state index in [2.05, 4.69) is 4.84 Å². The van der Waals surface area contributed by atoms with Gasteiger partial charge in [0.05, 0.1) is 17.7 Å². The summed E-state index contributed by atoms with van der Waals surface area (Å²) in [5.74, 6) is -8.49. The van der Waals surface area contributed by atoms with Crippen LogP contribution in [-0.4, -0.2) is 71.2 Å². The summed E-state index contributed by atoms with van der Waals surface area (Å²) in [5.41, 5.74) is -3.40. The second-order valence-electron chi connectivity index (χ2n) is 8.25. The Labute approximate surface area is 176 Å². The maximum absolute atomic E-state index is 15.2. The van der Waals surface area contributed by atoms with E-state index in [0.29, 0.717) is 0 Å². The highest BCUT2D eigenvalue weighted by Gasteiger charge is 2.65. The number of halogens is 2. The first kappa shape index (κ1) is 22.6. The van der Waals surface area contributed by atoms with Crippen LogP contribution >= 0.6 is 0 Å².